The van der Waals surface area contributed by atoms with Crippen molar-refractivity contribution in [2.75, 3.05) is 19.8 Å². The molecule has 1 heterocycles. The molecule has 0 radical (unpaired) electrons. The summed E-state index contributed by atoms with van der Waals surface area (Å²) in [5, 5.41) is 23.7. The number of rotatable bonds is 5. The molecule has 112 valence electrons. The van der Waals surface area contributed by atoms with Crippen molar-refractivity contribution < 1.29 is 14.5 Å². The van der Waals surface area contributed by atoms with E-state index in [0.29, 0.717) is 17.5 Å². The van der Waals surface area contributed by atoms with Gasteiger partial charge >= 0.3 is 5.96 Å². The minimum Gasteiger partial charge on any atom is -0.390 e. The first-order chi connectivity index (χ1) is 9.59. The van der Waals surface area contributed by atoms with Gasteiger partial charge in [0.25, 0.3) is 0 Å². The Morgan fingerprint density at radius 2 is 2.30 bits per heavy atom. The van der Waals surface area contributed by atoms with Crippen LogP contribution in [0.15, 0.2) is 17.4 Å². The number of aliphatic hydroxyl groups is 1. The molecule has 0 aromatic rings. The van der Waals surface area contributed by atoms with E-state index in [2.05, 4.69) is 26.2 Å². The van der Waals surface area contributed by atoms with Gasteiger partial charge in [-0.1, -0.05) is 28.8 Å². The summed E-state index contributed by atoms with van der Waals surface area (Å²) in [6, 6.07) is 0.305. The van der Waals surface area contributed by atoms with Gasteiger partial charge in [-0.05, 0) is 12.8 Å². The lowest BCUT2D eigenvalue weighted by Crippen LogP contribution is -2.58. The lowest BCUT2D eigenvalue weighted by Gasteiger charge is -2.32. The molecule has 0 spiro atoms. The highest BCUT2D eigenvalue weighted by Gasteiger charge is 2.45. The molecular weight excluding hydrogens is 328 g/mol. The third kappa shape index (κ3) is 3.25. The fourth-order valence-electron chi connectivity index (χ4n) is 2.77. The molecular formula is C12H20BrN4O3+. The number of nitro groups is 1. The highest BCUT2D eigenvalue weighted by Crippen LogP contribution is 2.25. The zero-order chi connectivity index (χ0) is 14.6. The first-order valence-corrected chi connectivity index (χ1v) is 7.76. The van der Waals surface area contributed by atoms with Gasteiger partial charge in [0.05, 0.1) is 6.61 Å². The van der Waals surface area contributed by atoms with Crippen molar-refractivity contribution in [2.45, 2.75) is 36.6 Å². The molecule has 0 aromatic carbocycles. The molecule has 1 aliphatic carbocycles. The molecule has 3 unspecified atom stereocenters. The first kappa shape index (κ1) is 15.6. The summed E-state index contributed by atoms with van der Waals surface area (Å²) in [7, 11) is 0. The van der Waals surface area contributed by atoms with Crippen molar-refractivity contribution in [1.82, 2.24) is 5.32 Å². The van der Waals surface area contributed by atoms with Crippen molar-refractivity contribution in [2.24, 2.45) is 4.99 Å². The van der Waals surface area contributed by atoms with Crippen LogP contribution in [-0.4, -0.2) is 51.2 Å². The Morgan fingerprint density at radius 3 is 2.95 bits per heavy atom. The highest BCUT2D eigenvalue weighted by molar-refractivity contribution is 9.09. The maximum atomic E-state index is 11.1. The predicted octanol–water partition coefficient (Wildman–Crippen LogP) is 1.17. The quantitative estimate of drug-likeness (QED) is 0.338. The average Bonchev–Trinajstić information content (AvgIpc) is 2.82. The molecule has 0 bridgehead atoms. The fourth-order valence-corrected chi connectivity index (χ4v) is 3.55. The molecule has 1 fully saturated rings. The zero-order valence-corrected chi connectivity index (χ0v) is 12.8. The third-order valence-corrected chi connectivity index (χ3v) is 5.02. The van der Waals surface area contributed by atoms with E-state index in [1.165, 1.54) is 19.0 Å². The lowest BCUT2D eigenvalue weighted by atomic mass is 9.95. The van der Waals surface area contributed by atoms with Gasteiger partial charge in [0, 0.05) is 20.8 Å². The van der Waals surface area contributed by atoms with Crippen molar-refractivity contribution in [3.05, 3.63) is 22.5 Å². The minimum atomic E-state index is -0.468. The second-order valence-corrected chi connectivity index (χ2v) is 6.41. The van der Waals surface area contributed by atoms with Gasteiger partial charge in [-0.3, -0.25) is 5.32 Å². The zero-order valence-electron chi connectivity index (χ0n) is 11.2. The number of nitrogens with one attached hydrogen (secondary N) is 1. The van der Waals surface area contributed by atoms with Crippen LogP contribution in [0.2, 0.25) is 0 Å². The van der Waals surface area contributed by atoms with E-state index in [1.54, 1.807) is 6.20 Å². The van der Waals surface area contributed by atoms with Crippen LogP contribution in [0.3, 0.4) is 0 Å². The largest absolute Gasteiger partial charge is 0.544 e. The molecule has 0 aromatic heterocycles. The van der Waals surface area contributed by atoms with Crippen molar-refractivity contribution in [3.8, 4) is 0 Å². The van der Waals surface area contributed by atoms with Gasteiger partial charge in [0.1, 0.15) is 13.2 Å². The Morgan fingerprint density at radius 1 is 1.55 bits per heavy atom. The second-order valence-electron chi connectivity index (χ2n) is 5.23. The van der Waals surface area contributed by atoms with Crippen molar-refractivity contribution >= 4 is 21.9 Å². The molecule has 2 N–H and O–H groups in total. The smallest absolute Gasteiger partial charge is 0.390 e. The summed E-state index contributed by atoms with van der Waals surface area (Å²) in [5.41, 5.74) is 0. The Kier molecular flexibility index (Phi) is 5.25. The van der Waals surface area contributed by atoms with E-state index in [9.17, 15) is 15.2 Å². The lowest BCUT2D eigenvalue weighted by molar-refractivity contribution is -0.825. The summed E-state index contributed by atoms with van der Waals surface area (Å²) in [5.74, 6) is -0.131. The number of aliphatic imine (C=N–C) groups is 1. The van der Waals surface area contributed by atoms with Crippen LogP contribution < -0.4 is 5.32 Å². The number of aliphatic hydroxyl groups excluding tert-OH is 1. The van der Waals surface area contributed by atoms with Crippen molar-refractivity contribution in [1.29, 1.82) is 0 Å². The fraction of sp³-hybridized carbons (Fsp3) is 0.750. The van der Waals surface area contributed by atoms with Gasteiger partial charge < -0.3 is 15.2 Å². The monoisotopic (exact) mass is 347 g/mol. The molecule has 20 heavy (non-hydrogen) atoms. The van der Waals surface area contributed by atoms with Crippen LogP contribution in [-0.2, 0) is 0 Å². The van der Waals surface area contributed by atoms with E-state index < -0.39 is 4.92 Å². The molecule has 2 rings (SSSR count). The van der Waals surface area contributed by atoms with Crippen LogP contribution in [0.1, 0.15) is 25.7 Å². The molecule has 1 saturated carbocycles. The van der Waals surface area contributed by atoms with E-state index in [1.807, 2.05) is 0 Å². The summed E-state index contributed by atoms with van der Waals surface area (Å²) >= 11 is 3.66. The number of quaternary nitrogens is 1. The Balaban J connectivity index is 2.04. The van der Waals surface area contributed by atoms with Crippen LogP contribution in [0.5, 0.6) is 0 Å². The van der Waals surface area contributed by atoms with Gasteiger partial charge in [-0.2, -0.15) is 4.48 Å². The van der Waals surface area contributed by atoms with E-state index >= 15 is 0 Å². The molecule has 3 atom stereocenters. The Hall–Kier alpha value is -0.830. The first-order valence-electron chi connectivity index (χ1n) is 6.84. The van der Waals surface area contributed by atoms with Crippen LogP contribution in [0.25, 0.3) is 0 Å². The second kappa shape index (κ2) is 6.75. The topological polar surface area (TPSA) is 87.8 Å². The van der Waals surface area contributed by atoms with E-state index in [4.69, 9.17) is 0 Å². The number of hydrogen-bond donors (Lipinski definition) is 2. The number of hydrogen-bond acceptors (Lipinski definition) is 5. The molecule has 7 nitrogen and oxygen atoms in total. The van der Waals surface area contributed by atoms with E-state index in [0.717, 1.165) is 12.8 Å². The predicted molar refractivity (Wildman–Crippen MR) is 78.8 cm³/mol. The average molecular weight is 348 g/mol. The maximum Gasteiger partial charge on any atom is 0.544 e. The van der Waals surface area contributed by atoms with Gasteiger partial charge in [0.2, 0.25) is 0 Å². The standard InChI is InChI=1S/C12H20BrN4O3/c13-10-3-1-2-4-11(10)15-9-17(7-8-18)6-5-14-12(17)16(19)20/h5-6,10-11,15,18H,1-4,7-9H2/q+1. The van der Waals surface area contributed by atoms with Gasteiger partial charge in [-0.25, -0.2) is 0 Å². The molecule has 0 saturated heterocycles. The van der Waals surface area contributed by atoms with Crippen LogP contribution >= 0.6 is 15.9 Å². The Labute approximate surface area is 126 Å². The summed E-state index contributed by atoms with van der Waals surface area (Å²) in [6.45, 7) is 0.508. The highest BCUT2D eigenvalue weighted by atomic mass is 79.9. The van der Waals surface area contributed by atoms with Gasteiger partial charge in [-0.15, -0.1) is 0 Å². The number of guanidine groups is 1. The van der Waals surface area contributed by atoms with Crippen molar-refractivity contribution in [3.63, 3.8) is 0 Å². The Bertz CT molecular complexity index is 429. The number of alkyl halides is 1. The summed E-state index contributed by atoms with van der Waals surface area (Å²) in [6.07, 6.45) is 7.68. The summed E-state index contributed by atoms with van der Waals surface area (Å²) < 4.78 is -0.0419. The minimum absolute atomic E-state index is 0.0419. The molecule has 8 heteroatoms. The van der Waals surface area contributed by atoms with Crippen LogP contribution in [0, 0.1) is 10.1 Å². The number of halogens is 1. The summed E-state index contributed by atoms with van der Waals surface area (Å²) in [4.78, 5) is 14.9. The number of nitrogens with zero attached hydrogens (tertiary/aromatic N) is 3. The third-order valence-electron chi connectivity index (χ3n) is 3.92. The molecule has 1 aliphatic heterocycles. The van der Waals surface area contributed by atoms with Crippen LogP contribution in [0.4, 0.5) is 0 Å². The normalized spacial score (nSPS) is 33.2. The molecule has 2 aliphatic rings. The van der Waals surface area contributed by atoms with E-state index in [-0.39, 0.29) is 23.6 Å². The maximum absolute atomic E-state index is 11.1. The SMILES string of the molecule is O=[N+]([O-])C1=NC=C[N+]1(CCO)CNC1CCCCC1Br. The molecule has 0 amide bonds. The van der Waals surface area contributed by atoms with Gasteiger partial charge in [0.15, 0.2) is 12.4 Å².